The van der Waals surface area contributed by atoms with Crippen LogP contribution in [0.3, 0.4) is 0 Å². The first kappa shape index (κ1) is 52.5. The maximum Gasteiger partial charge on any atom is 0.348 e. The summed E-state index contributed by atoms with van der Waals surface area (Å²) in [5.41, 5.74) is 2.37. The fourth-order valence-corrected chi connectivity index (χ4v) is 9.58. The number of esters is 3. The van der Waals surface area contributed by atoms with Crippen LogP contribution in [0.1, 0.15) is 145 Å². The predicted molar refractivity (Wildman–Crippen MR) is 258 cm³/mol. The largest absolute Gasteiger partial charge is 0.494 e. The Kier molecular flexibility index (Phi) is 21.7. The van der Waals surface area contributed by atoms with Crippen LogP contribution < -0.4 is 20.1 Å². The molecule has 2 aliphatic carbocycles. The summed E-state index contributed by atoms with van der Waals surface area (Å²) in [6, 6.07) is 22.6. The smallest absolute Gasteiger partial charge is 0.348 e. The fraction of sp³-hybridized carbons (Fsp3) is 0.564. The van der Waals surface area contributed by atoms with Crippen LogP contribution in [0.15, 0.2) is 78.9 Å². The van der Waals surface area contributed by atoms with Crippen LogP contribution in [0.4, 0.5) is 0 Å². The van der Waals surface area contributed by atoms with Crippen LogP contribution in [-0.4, -0.2) is 78.3 Å². The number of amides is 2. The lowest BCUT2D eigenvalue weighted by Gasteiger charge is -2.30. The van der Waals surface area contributed by atoms with Gasteiger partial charge in [0.2, 0.25) is 24.0 Å². The number of hydrogen-bond donors (Lipinski definition) is 3. The lowest BCUT2D eigenvalue weighted by Crippen LogP contribution is -2.49. The quantitative estimate of drug-likeness (QED) is 0.157. The second kappa shape index (κ2) is 28.5. The molecule has 2 heterocycles. The second-order valence-corrected chi connectivity index (χ2v) is 18.9. The Morgan fingerprint density at radius 1 is 0.536 bits per heavy atom. The molecule has 2 aliphatic heterocycles. The number of ether oxygens (including phenoxy) is 5. The Morgan fingerprint density at radius 3 is 1.48 bits per heavy atom. The van der Waals surface area contributed by atoms with Crippen LogP contribution >= 0.6 is 0 Å². The zero-order chi connectivity index (χ0) is 48.6. The molecule has 4 unspecified atom stereocenters. The van der Waals surface area contributed by atoms with E-state index in [0.29, 0.717) is 37.6 Å². The number of carboxylic acids is 1. The minimum absolute atomic E-state index is 0.000000652. The Balaban J connectivity index is 0.000000232. The Bertz CT molecular complexity index is 2100. The topological polar surface area (TPSA) is 193 Å². The number of cyclic esters (lactones) is 2. The normalized spacial score (nSPS) is 23.5. The van der Waals surface area contributed by atoms with Crippen LogP contribution in [0.5, 0.6) is 11.5 Å². The first-order chi connectivity index (χ1) is 33.6. The number of carbonyl (C=O) groups excluding carboxylic acids is 5. The average Bonchev–Trinajstić information content (AvgIpc) is 3.36. The molecular weight excluding hydrogens is 881 g/mol. The number of aliphatic carboxylic acids is 1. The molecule has 4 atom stereocenters. The van der Waals surface area contributed by atoms with Gasteiger partial charge in [0.15, 0.2) is 0 Å². The SMILES string of the molecule is O=C1CCCCCCOc2cccc(c2)CC(C(=O)O)OC(=O)C(C2CCCCC2)N1.O=C1CCCCCCOc2cccc(c2)CC(C(=O)OCc2ccccc2)OC(=O)C(C2CCCCC2)N1. The molecule has 2 saturated carbocycles. The maximum atomic E-state index is 13.6. The number of benzene rings is 3. The van der Waals surface area contributed by atoms with E-state index in [1.54, 1.807) is 12.1 Å². The van der Waals surface area contributed by atoms with Gasteiger partial charge in [0.25, 0.3) is 0 Å². The van der Waals surface area contributed by atoms with E-state index in [1.807, 2.05) is 66.7 Å². The summed E-state index contributed by atoms with van der Waals surface area (Å²) < 4.78 is 28.6. The van der Waals surface area contributed by atoms with Crippen LogP contribution in [0.25, 0.3) is 0 Å². The molecular formula is C55H72N2O12. The standard InChI is InChI=1S/C31H39NO6.C24H33NO6/c33-28-18-9-1-2-10-19-36-26-17-11-14-24(20-26)21-27(30(34)37-22-23-12-5-3-6-13-23)38-31(35)29(32-28)25-15-7-4-8-16-25;26-21-13-6-1-2-7-14-30-19-12-8-9-17(15-19)16-20(23(27)28)31-24(29)22(25-21)18-10-4-3-5-11-18/h3,5-6,11-14,17,20,25,27,29H,1-2,4,7-10,15-16,18-19,21-22H2,(H,32,33);8-9,12,15,18,20,22H,1-7,10-11,13-14,16H2,(H,25,26)(H,27,28). The van der Waals surface area contributed by atoms with E-state index >= 15 is 0 Å². The molecule has 4 bridgehead atoms. The van der Waals surface area contributed by atoms with Gasteiger partial charge in [0.1, 0.15) is 30.2 Å². The van der Waals surface area contributed by atoms with E-state index in [4.69, 9.17) is 23.7 Å². The molecule has 69 heavy (non-hydrogen) atoms. The number of nitrogens with one attached hydrogen (secondary N) is 2. The molecule has 3 aromatic carbocycles. The second-order valence-electron chi connectivity index (χ2n) is 18.9. The molecule has 0 spiro atoms. The van der Waals surface area contributed by atoms with Crippen molar-refractivity contribution in [2.75, 3.05) is 13.2 Å². The molecule has 7 rings (SSSR count). The van der Waals surface area contributed by atoms with Crippen molar-refractivity contribution >= 4 is 35.7 Å². The molecule has 3 N–H and O–H groups in total. The van der Waals surface area contributed by atoms with Gasteiger partial charge in [-0.25, -0.2) is 19.2 Å². The highest BCUT2D eigenvalue weighted by molar-refractivity contribution is 5.87. The number of carbonyl (C=O) groups is 6. The van der Waals surface area contributed by atoms with E-state index < -0.39 is 48.2 Å². The number of rotatable bonds is 6. The molecule has 3 aromatic rings. The highest BCUT2D eigenvalue weighted by Crippen LogP contribution is 2.30. The summed E-state index contributed by atoms with van der Waals surface area (Å²) in [5, 5.41) is 15.5. The fourth-order valence-electron chi connectivity index (χ4n) is 9.58. The van der Waals surface area contributed by atoms with Gasteiger partial charge in [-0.15, -0.1) is 0 Å². The minimum Gasteiger partial charge on any atom is -0.494 e. The van der Waals surface area contributed by atoms with E-state index in [-0.39, 0.29) is 43.1 Å². The molecule has 0 radical (unpaired) electrons. The average molecular weight is 953 g/mol. The van der Waals surface area contributed by atoms with E-state index in [2.05, 4.69) is 10.6 Å². The molecule has 374 valence electrons. The zero-order valence-corrected chi connectivity index (χ0v) is 40.1. The first-order valence-corrected chi connectivity index (χ1v) is 25.5. The van der Waals surface area contributed by atoms with Crippen LogP contribution in [0.2, 0.25) is 0 Å². The van der Waals surface area contributed by atoms with E-state index in [1.165, 1.54) is 0 Å². The minimum atomic E-state index is -1.32. The summed E-state index contributed by atoms with van der Waals surface area (Å²) in [5.74, 6) is -1.97. The number of fused-ring (bicyclic) bond motifs is 4. The molecule has 0 saturated heterocycles. The molecule has 2 fully saturated rings. The van der Waals surface area contributed by atoms with Crippen molar-refractivity contribution in [3.63, 3.8) is 0 Å². The lowest BCUT2D eigenvalue weighted by molar-refractivity contribution is -0.171. The van der Waals surface area contributed by atoms with Gasteiger partial charge in [-0.2, -0.15) is 0 Å². The number of carboxylic acid groups (broad SMARTS) is 1. The highest BCUT2D eigenvalue weighted by Gasteiger charge is 2.37. The predicted octanol–water partition coefficient (Wildman–Crippen LogP) is 8.93. The summed E-state index contributed by atoms with van der Waals surface area (Å²) in [6.07, 6.45) is 15.1. The summed E-state index contributed by atoms with van der Waals surface area (Å²) in [6.45, 7) is 1.23. The van der Waals surface area contributed by atoms with Crippen LogP contribution in [-0.2, 0) is 62.4 Å². The molecule has 2 amide bonds. The summed E-state index contributed by atoms with van der Waals surface area (Å²) >= 11 is 0. The van der Waals surface area contributed by atoms with Gasteiger partial charge >= 0.3 is 23.9 Å². The van der Waals surface area contributed by atoms with E-state index in [0.717, 1.165) is 132 Å². The third-order valence-corrected chi connectivity index (χ3v) is 13.4. The monoisotopic (exact) mass is 953 g/mol. The van der Waals surface area contributed by atoms with Crippen molar-refractivity contribution in [3.05, 3.63) is 95.6 Å². The Morgan fingerprint density at radius 2 is 0.986 bits per heavy atom. The van der Waals surface area contributed by atoms with Crippen molar-refractivity contribution in [1.82, 2.24) is 10.6 Å². The molecule has 14 heteroatoms. The summed E-state index contributed by atoms with van der Waals surface area (Å²) in [4.78, 5) is 76.9. The molecule has 4 aliphatic rings. The van der Waals surface area contributed by atoms with Crippen molar-refractivity contribution in [2.45, 2.75) is 172 Å². The van der Waals surface area contributed by atoms with Crippen molar-refractivity contribution in [3.8, 4) is 11.5 Å². The lowest BCUT2D eigenvalue weighted by atomic mass is 9.83. The van der Waals surface area contributed by atoms with E-state index in [9.17, 15) is 33.9 Å². The number of hydrogen-bond acceptors (Lipinski definition) is 11. The molecule has 14 nitrogen and oxygen atoms in total. The third-order valence-electron chi connectivity index (χ3n) is 13.4. The van der Waals surface area contributed by atoms with Crippen LogP contribution in [0, 0.1) is 11.8 Å². The summed E-state index contributed by atoms with van der Waals surface area (Å²) in [7, 11) is 0. The molecule has 0 aromatic heterocycles. The van der Waals surface area contributed by atoms with Gasteiger partial charge < -0.3 is 39.4 Å². The zero-order valence-electron chi connectivity index (χ0n) is 40.1. The van der Waals surface area contributed by atoms with Gasteiger partial charge in [0.05, 0.1) is 13.2 Å². The highest BCUT2D eigenvalue weighted by atomic mass is 16.6. The maximum absolute atomic E-state index is 13.6. The Labute approximate surface area is 406 Å². The van der Waals surface area contributed by atoms with Gasteiger partial charge in [-0.05, 0) is 104 Å². The van der Waals surface area contributed by atoms with Crippen molar-refractivity contribution in [1.29, 1.82) is 0 Å². The van der Waals surface area contributed by atoms with Crippen molar-refractivity contribution in [2.24, 2.45) is 11.8 Å². The van der Waals surface area contributed by atoms with Gasteiger partial charge in [0, 0.05) is 25.7 Å². The van der Waals surface area contributed by atoms with Gasteiger partial charge in [-0.3, -0.25) is 9.59 Å². The first-order valence-electron chi connectivity index (χ1n) is 25.5. The third kappa shape index (κ3) is 18.2. The Hall–Kier alpha value is -5.92. The van der Waals surface area contributed by atoms with Crippen molar-refractivity contribution < 1.29 is 57.6 Å². The van der Waals surface area contributed by atoms with Gasteiger partial charge in [-0.1, -0.05) is 119 Å².